The van der Waals surface area contributed by atoms with Crippen molar-refractivity contribution in [2.24, 2.45) is 5.41 Å². The van der Waals surface area contributed by atoms with Crippen LogP contribution in [0.15, 0.2) is 29.2 Å². The predicted octanol–water partition coefficient (Wildman–Crippen LogP) is 4.96. The number of hydrogen-bond donors (Lipinski definition) is 1. The molecule has 1 aliphatic carbocycles. The monoisotopic (exact) mass is 311 g/mol. The molecule has 0 heterocycles. The van der Waals surface area contributed by atoms with Crippen molar-refractivity contribution in [2.75, 3.05) is 11.5 Å². The van der Waals surface area contributed by atoms with Gasteiger partial charge in [0.05, 0.1) is 4.92 Å². The Hall–Kier alpha value is -0.680. The van der Waals surface area contributed by atoms with E-state index in [4.69, 9.17) is 0 Å². The molecule has 3 nitrogen and oxygen atoms in total. The SMILES string of the molecule is O=[N+]([O-])c1ccc(SCC2(CS)CCCCCC2)cc1. The molecule has 20 heavy (non-hydrogen) atoms. The summed E-state index contributed by atoms with van der Waals surface area (Å²) in [7, 11) is 0. The standard InChI is InChI=1S/C15H21NO2S2/c17-16(18)13-5-7-14(8-6-13)20-12-15(11-19)9-3-1-2-4-10-15/h5-8,19H,1-4,9-12H2. The summed E-state index contributed by atoms with van der Waals surface area (Å²) in [5.41, 5.74) is 0.499. The maximum absolute atomic E-state index is 10.6. The van der Waals surface area contributed by atoms with Crippen LogP contribution in [-0.2, 0) is 0 Å². The minimum Gasteiger partial charge on any atom is -0.258 e. The third kappa shape index (κ3) is 4.16. The van der Waals surface area contributed by atoms with Crippen molar-refractivity contribution in [2.45, 2.75) is 43.4 Å². The molecule has 1 aromatic carbocycles. The molecule has 0 unspecified atom stereocenters. The minimum absolute atomic E-state index is 0.160. The van der Waals surface area contributed by atoms with Crippen LogP contribution in [0.1, 0.15) is 38.5 Å². The van der Waals surface area contributed by atoms with Crippen molar-refractivity contribution in [3.8, 4) is 0 Å². The number of thioether (sulfide) groups is 1. The molecule has 0 bridgehead atoms. The van der Waals surface area contributed by atoms with Gasteiger partial charge in [0.15, 0.2) is 0 Å². The van der Waals surface area contributed by atoms with E-state index in [1.54, 1.807) is 12.1 Å². The number of thiol groups is 1. The van der Waals surface area contributed by atoms with E-state index in [1.165, 1.54) is 38.5 Å². The smallest absolute Gasteiger partial charge is 0.258 e. The van der Waals surface area contributed by atoms with Crippen LogP contribution in [0.5, 0.6) is 0 Å². The Morgan fingerprint density at radius 2 is 1.75 bits per heavy atom. The third-order valence-corrected chi connectivity index (χ3v) is 6.13. The highest BCUT2D eigenvalue weighted by atomic mass is 32.2. The number of benzene rings is 1. The molecule has 1 saturated carbocycles. The lowest BCUT2D eigenvalue weighted by Gasteiger charge is -2.30. The summed E-state index contributed by atoms with van der Waals surface area (Å²) in [6.07, 6.45) is 7.82. The lowest BCUT2D eigenvalue weighted by Crippen LogP contribution is -2.25. The van der Waals surface area contributed by atoms with Gasteiger partial charge in [-0.2, -0.15) is 12.6 Å². The second kappa shape index (κ2) is 7.36. The molecule has 0 aromatic heterocycles. The Morgan fingerprint density at radius 1 is 1.15 bits per heavy atom. The summed E-state index contributed by atoms with van der Waals surface area (Å²) in [5.74, 6) is 2.00. The fourth-order valence-electron chi connectivity index (χ4n) is 2.73. The average molecular weight is 311 g/mol. The van der Waals surface area contributed by atoms with Crippen molar-refractivity contribution in [1.82, 2.24) is 0 Å². The van der Waals surface area contributed by atoms with Crippen LogP contribution in [0.2, 0.25) is 0 Å². The molecule has 0 saturated heterocycles. The number of hydrogen-bond acceptors (Lipinski definition) is 4. The van der Waals surface area contributed by atoms with Gasteiger partial charge < -0.3 is 0 Å². The summed E-state index contributed by atoms with van der Waals surface area (Å²) < 4.78 is 0. The molecule has 1 fully saturated rings. The average Bonchev–Trinajstić information content (AvgIpc) is 2.72. The van der Waals surface area contributed by atoms with Crippen LogP contribution >= 0.6 is 24.4 Å². The Morgan fingerprint density at radius 3 is 2.25 bits per heavy atom. The normalized spacial score (nSPS) is 18.4. The van der Waals surface area contributed by atoms with E-state index < -0.39 is 0 Å². The second-order valence-corrected chi connectivity index (χ2v) is 6.98. The number of rotatable bonds is 5. The highest BCUT2D eigenvalue weighted by Crippen LogP contribution is 2.40. The summed E-state index contributed by atoms with van der Waals surface area (Å²) >= 11 is 6.39. The summed E-state index contributed by atoms with van der Waals surface area (Å²) in [5, 5.41) is 10.6. The zero-order valence-electron chi connectivity index (χ0n) is 11.6. The molecule has 0 spiro atoms. The zero-order valence-corrected chi connectivity index (χ0v) is 13.3. The number of nitro benzene ring substituents is 1. The van der Waals surface area contributed by atoms with Gasteiger partial charge in [-0.1, -0.05) is 25.7 Å². The number of non-ortho nitro benzene ring substituents is 1. The predicted molar refractivity (Wildman–Crippen MR) is 87.8 cm³/mol. The van der Waals surface area contributed by atoms with Gasteiger partial charge in [0, 0.05) is 22.8 Å². The van der Waals surface area contributed by atoms with E-state index in [9.17, 15) is 10.1 Å². The second-order valence-electron chi connectivity index (χ2n) is 5.61. The first-order chi connectivity index (χ1) is 9.65. The first-order valence-corrected chi connectivity index (χ1v) is 8.75. The van der Waals surface area contributed by atoms with Crippen molar-refractivity contribution in [3.63, 3.8) is 0 Å². The summed E-state index contributed by atoms with van der Waals surface area (Å²) in [6, 6.07) is 6.88. The quantitative estimate of drug-likeness (QED) is 0.275. The van der Waals surface area contributed by atoms with Gasteiger partial charge in [-0.15, -0.1) is 11.8 Å². The minimum atomic E-state index is -0.352. The van der Waals surface area contributed by atoms with Crippen LogP contribution in [0.4, 0.5) is 5.69 Å². The highest BCUT2D eigenvalue weighted by molar-refractivity contribution is 7.99. The van der Waals surface area contributed by atoms with Crippen molar-refractivity contribution in [1.29, 1.82) is 0 Å². The van der Waals surface area contributed by atoms with Crippen LogP contribution in [-0.4, -0.2) is 16.4 Å². The van der Waals surface area contributed by atoms with Gasteiger partial charge in [-0.05, 0) is 36.1 Å². The first kappa shape index (κ1) is 15.7. The van der Waals surface area contributed by atoms with E-state index in [0.29, 0.717) is 5.41 Å². The lowest BCUT2D eigenvalue weighted by molar-refractivity contribution is -0.384. The van der Waals surface area contributed by atoms with Crippen LogP contribution in [0.3, 0.4) is 0 Å². The first-order valence-electron chi connectivity index (χ1n) is 7.13. The van der Waals surface area contributed by atoms with E-state index in [2.05, 4.69) is 12.6 Å². The summed E-state index contributed by atoms with van der Waals surface area (Å²) in [4.78, 5) is 11.4. The van der Waals surface area contributed by atoms with Gasteiger partial charge in [-0.25, -0.2) is 0 Å². The fraction of sp³-hybridized carbons (Fsp3) is 0.600. The van der Waals surface area contributed by atoms with E-state index >= 15 is 0 Å². The third-order valence-electron chi connectivity index (χ3n) is 4.09. The molecule has 0 radical (unpaired) electrons. The van der Waals surface area contributed by atoms with E-state index in [-0.39, 0.29) is 10.6 Å². The van der Waals surface area contributed by atoms with Gasteiger partial charge in [0.25, 0.3) is 5.69 Å². The Labute approximate surface area is 130 Å². The van der Waals surface area contributed by atoms with Crippen LogP contribution in [0, 0.1) is 15.5 Å². The zero-order chi connectivity index (χ0) is 14.4. The van der Waals surface area contributed by atoms with Gasteiger partial charge in [-0.3, -0.25) is 10.1 Å². The largest absolute Gasteiger partial charge is 0.269 e. The van der Waals surface area contributed by atoms with Gasteiger partial charge in [0.2, 0.25) is 0 Å². The van der Waals surface area contributed by atoms with Crippen molar-refractivity contribution >= 4 is 30.1 Å². The van der Waals surface area contributed by atoms with Gasteiger partial charge >= 0.3 is 0 Å². The molecule has 1 aliphatic rings. The van der Waals surface area contributed by atoms with Crippen LogP contribution in [0.25, 0.3) is 0 Å². The molecule has 2 rings (SSSR count). The van der Waals surface area contributed by atoms with Crippen molar-refractivity contribution < 1.29 is 4.92 Å². The molecule has 0 atom stereocenters. The molecule has 1 aromatic rings. The maximum atomic E-state index is 10.6. The van der Waals surface area contributed by atoms with Crippen LogP contribution < -0.4 is 0 Å². The maximum Gasteiger partial charge on any atom is 0.269 e. The van der Waals surface area contributed by atoms with E-state index in [0.717, 1.165) is 16.4 Å². The number of nitro groups is 1. The topological polar surface area (TPSA) is 43.1 Å². The summed E-state index contributed by atoms with van der Waals surface area (Å²) in [6.45, 7) is 0. The molecule has 0 amide bonds. The number of nitrogens with zero attached hydrogens (tertiary/aromatic N) is 1. The Kier molecular flexibility index (Phi) is 5.78. The molecule has 110 valence electrons. The molecular weight excluding hydrogens is 290 g/mol. The Bertz CT molecular complexity index is 440. The van der Waals surface area contributed by atoms with Gasteiger partial charge in [0.1, 0.15) is 0 Å². The molecule has 5 heteroatoms. The molecule has 0 N–H and O–H groups in total. The molecule has 0 aliphatic heterocycles. The Balaban J connectivity index is 1.96. The van der Waals surface area contributed by atoms with Crippen molar-refractivity contribution in [3.05, 3.63) is 34.4 Å². The molecular formula is C15H21NO2S2. The van der Waals surface area contributed by atoms with E-state index in [1.807, 2.05) is 23.9 Å². The fourth-order valence-corrected chi connectivity index (χ4v) is 4.50. The lowest BCUT2D eigenvalue weighted by atomic mass is 9.84. The highest BCUT2D eigenvalue weighted by Gasteiger charge is 2.29.